The second-order valence-corrected chi connectivity index (χ2v) is 5.37. The van der Waals surface area contributed by atoms with Gasteiger partial charge in [0.1, 0.15) is 12.4 Å². The number of hydrogen-bond acceptors (Lipinski definition) is 5. The fourth-order valence-electron chi connectivity index (χ4n) is 1.23. The molecule has 110 valence electrons. The standard InChI is InChI=1S/C15H20O5/c1-11(16)18-9-12-5-7-13(8-6-12)19-10-20-14(17)15(2,3)4/h5-8H,9-10H2,1-4H3. The van der Waals surface area contributed by atoms with Gasteiger partial charge in [0.15, 0.2) is 0 Å². The summed E-state index contributed by atoms with van der Waals surface area (Å²) in [6, 6.07) is 7.02. The fraction of sp³-hybridized carbons (Fsp3) is 0.467. The van der Waals surface area contributed by atoms with Crippen LogP contribution < -0.4 is 4.74 Å². The van der Waals surface area contributed by atoms with Crippen LogP contribution in [0.5, 0.6) is 5.75 Å². The van der Waals surface area contributed by atoms with Crippen LogP contribution in [0.15, 0.2) is 24.3 Å². The first-order chi connectivity index (χ1) is 9.29. The fourth-order valence-corrected chi connectivity index (χ4v) is 1.23. The molecule has 1 aromatic rings. The van der Waals surface area contributed by atoms with Crippen molar-refractivity contribution in [2.75, 3.05) is 6.79 Å². The molecule has 0 bridgehead atoms. The van der Waals surface area contributed by atoms with Gasteiger partial charge in [-0.1, -0.05) is 12.1 Å². The molecule has 0 saturated carbocycles. The lowest BCUT2D eigenvalue weighted by Gasteiger charge is -2.16. The Labute approximate surface area is 118 Å². The van der Waals surface area contributed by atoms with Crippen molar-refractivity contribution >= 4 is 11.9 Å². The maximum Gasteiger partial charge on any atom is 0.314 e. The van der Waals surface area contributed by atoms with E-state index in [-0.39, 0.29) is 25.3 Å². The Morgan fingerprint density at radius 1 is 1.05 bits per heavy atom. The largest absolute Gasteiger partial charge is 0.461 e. The number of carbonyl (C=O) groups is 2. The number of ether oxygens (including phenoxy) is 3. The molecule has 0 N–H and O–H groups in total. The molecule has 0 aliphatic heterocycles. The molecule has 20 heavy (non-hydrogen) atoms. The van der Waals surface area contributed by atoms with Gasteiger partial charge < -0.3 is 14.2 Å². The highest BCUT2D eigenvalue weighted by atomic mass is 16.7. The van der Waals surface area contributed by atoms with Crippen LogP contribution in [0.2, 0.25) is 0 Å². The SMILES string of the molecule is CC(=O)OCc1ccc(OCOC(=O)C(C)(C)C)cc1. The van der Waals surface area contributed by atoms with Gasteiger partial charge in [-0.15, -0.1) is 0 Å². The van der Waals surface area contributed by atoms with Gasteiger partial charge in [0.05, 0.1) is 5.41 Å². The van der Waals surface area contributed by atoms with Crippen LogP contribution in [0.25, 0.3) is 0 Å². The minimum absolute atomic E-state index is 0.126. The van der Waals surface area contributed by atoms with E-state index in [0.717, 1.165) is 5.56 Å². The lowest BCUT2D eigenvalue weighted by molar-refractivity contribution is -0.159. The lowest BCUT2D eigenvalue weighted by Crippen LogP contribution is -2.24. The summed E-state index contributed by atoms with van der Waals surface area (Å²) in [5.41, 5.74) is 0.316. The second kappa shape index (κ2) is 6.93. The summed E-state index contributed by atoms with van der Waals surface area (Å²) in [7, 11) is 0. The van der Waals surface area contributed by atoms with Crippen molar-refractivity contribution in [3.05, 3.63) is 29.8 Å². The number of rotatable bonds is 5. The Hall–Kier alpha value is -2.04. The van der Waals surface area contributed by atoms with Crippen molar-refractivity contribution in [2.24, 2.45) is 5.41 Å². The molecule has 1 aromatic carbocycles. The molecule has 0 fully saturated rings. The van der Waals surface area contributed by atoms with Gasteiger partial charge in [0.2, 0.25) is 6.79 Å². The second-order valence-electron chi connectivity index (χ2n) is 5.37. The Morgan fingerprint density at radius 3 is 2.15 bits per heavy atom. The Kier molecular flexibility index (Phi) is 5.55. The summed E-state index contributed by atoms with van der Waals surface area (Å²) in [5.74, 6) is -0.0540. The highest BCUT2D eigenvalue weighted by molar-refractivity contribution is 5.75. The summed E-state index contributed by atoms with van der Waals surface area (Å²) >= 11 is 0. The van der Waals surface area contributed by atoms with Gasteiger partial charge in [-0.2, -0.15) is 0 Å². The van der Waals surface area contributed by atoms with E-state index in [4.69, 9.17) is 14.2 Å². The van der Waals surface area contributed by atoms with Gasteiger partial charge in [-0.25, -0.2) is 0 Å². The van der Waals surface area contributed by atoms with Crippen LogP contribution in [0.3, 0.4) is 0 Å². The maximum absolute atomic E-state index is 11.5. The van der Waals surface area contributed by atoms with E-state index in [1.54, 1.807) is 45.0 Å². The zero-order valence-corrected chi connectivity index (χ0v) is 12.3. The van der Waals surface area contributed by atoms with Crippen LogP contribution in [-0.2, 0) is 25.7 Å². The van der Waals surface area contributed by atoms with Gasteiger partial charge in [-0.3, -0.25) is 9.59 Å². The normalized spacial score (nSPS) is 10.8. The van der Waals surface area contributed by atoms with Crippen molar-refractivity contribution in [1.82, 2.24) is 0 Å². The van der Waals surface area contributed by atoms with E-state index < -0.39 is 5.41 Å². The van der Waals surface area contributed by atoms with Crippen LogP contribution in [0.4, 0.5) is 0 Å². The monoisotopic (exact) mass is 280 g/mol. The van der Waals surface area contributed by atoms with Crippen molar-refractivity contribution in [3.8, 4) is 5.75 Å². The van der Waals surface area contributed by atoms with E-state index in [9.17, 15) is 9.59 Å². The number of carbonyl (C=O) groups excluding carboxylic acids is 2. The summed E-state index contributed by atoms with van der Waals surface area (Å²) in [6.07, 6.45) is 0. The molecule has 0 spiro atoms. The summed E-state index contributed by atoms with van der Waals surface area (Å²) in [6.45, 7) is 6.80. The average molecular weight is 280 g/mol. The van der Waals surface area contributed by atoms with Crippen molar-refractivity contribution < 1.29 is 23.8 Å². The molecule has 0 amide bonds. The quantitative estimate of drug-likeness (QED) is 0.613. The zero-order chi connectivity index (χ0) is 15.2. The highest BCUT2D eigenvalue weighted by Gasteiger charge is 2.22. The van der Waals surface area contributed by atoms with E-state index in [0.29, 0.717) is 5.75 Å². The minimum atomic E-state index is -0.544. The van der Waals surface area contributed by atoms with E-state index in [1.807, 2.05) is 0 Å². The molecule has 0 aromatic heterocycles. The topological polar surface area (TPSA) is 61.8 Å². The lowest BCUT2D eigenvalue weighted by atomic mass is 9.98. The first-order valence-electron chi connectivity index (χ1n) is 6.31. The van der Waals surface area contributed by atoms with Crippen LogP contribution >= 0.6 is 0 Å². The first kappa shape index (κ1) is 16.0. The Morgan fingerprint density at radius 2 is 1.65 bits per heavy atom. The summed E-state index contributed by atoms with van der Waals surface area (Å²) < 4.78 is 15.2. The smallest absolute Gasteiger partial charge is 0.314 e. The van der Waals surface area contributed by atoms with Gasteiger partial charge in [0.25, 0.3) is 0 Å². The Balaban J connectivity index is 2.38. The molecular weight excluding hydrogens is 260 g/mol. The van der Waals surface area contributed by atoms with Crippen molar-refractivity contribution in [3.63, 3.8) is 0 Å². The highest BCUT2D eigenvalue weighted by Crippen LogP contribution is 2.16. The minimum Gasteiger partial charge on any atom is -0.461 e. The van der Waals surface area contributed by atoms with Gasteiger partial charge in [0, 0.05) is 6.92 Å². The van der Waals surface area contributed by atoms with Crippen molar-refractivity contribution in [1.29, 1.82) is 0 Å². The third kappa shape index (κ3) is 5.73. The third-order valence-electron chi connectivity index (χ3n) is 2.39. The van der Waals surface area contributed by atoms with Crippen molar-refractivity contribution in [2.45, 2.75) is 34.3 Å². The molecule has 0 saturated heterocycles. The first-order valence-corrected chi connectivity index (χ1v) is 6.31. The Bertz CT molecular complexity index is 456. The van der Waals surface area contributed by atoms with Crippen LogP contribution in [0, 0.1) is 5.41 Å². The predicted octanol–water partition coefficient (Wildman–Crippen LogP) is 2.68. The van der Waals surface area contributed by atoms with Gasteiger partial charge >= 0.3 is 11.9 Å². The molecule has 0 aliphatic rings. The third-order valence-corrected chi connectivity index (χ3v) is 2.39. The predicted molar refractivity (Wildman–Crippen MR) is 73.0 cm³/mol. The number of hydrogen-bond donors (Lipinski definition) is 0. The zero-order valence-electron chi connectivity index (χ0n) is 12.3. The van der Waals surface area contributed by atoms with E-state index in [1.165, 1.54) is 6.92 Å². The molecule has 0 atom stereocenters. The summed E-state index contributed by atoms with van der Waals surface area (Å²) in [5, 5.41) is 0. The molecule has 0 aliphatic carbocycles. The summed E-state index contributed by atoms with van der Waals surface area (Å²) in [4.78, 5) is 22.2. The average Bonchev–Trinajstić information content (AvgIpc) is 2.36. The number of esters is 2. The van der Waals surface area contributed by atoms with Gasteiger partial charge in [-0.05, 0) is 38.5 Å². The van der Waals surface area contributed by atoms with E-state index >= 15 is 0 Å². The molecule has 0 unspecified atom stereocenters. The van der Waals surface area contributed by atoms with Crippen LogP contribution in [0.1, 0.15) is 33.3 Å². The number of benzene rings is 1. The molecule has 0 radical (unpaired) electrons. The molecule has 5 nitrogen and oxygen atoms in total. The van der Waals surface area contributed by atoms with Crippen LogP contribution in [-0.4, -0.2) is 18.7 Å². The maximum atomic E-state index is 11.5. The molecule has 0 heterocycles. The molecule has 5 heteroatoms. The molecule has 1 rings (SSSR count). The van der Waals surface area contributed by atoms with E-state index in [2.05, 4.69) is 0 Å². The molecular formula is C15H20O5.